The smallest absolute Gasteiger partial charge is 0.154 e. The van der Waals surface area contributed by atoms with Gasteiger partial charge >= 0.3 is 0 Å². The Balaban J connectivity index is 2.46. The van der Waals surface area contributed by atoms with Crippen LogP contribution in [0.25, 0.3) is 0 Å². The zero-order valence-electron chi connectivity index (χ0n) is 9.12. The summed E-state index contributed by atoms with van der Waals surface area (Å²) in [7, 11) is -2.84. The first kappa shape index (κ1) is 12.0. The van der Waals surface area contributed by atoms with E-state index < -0.39 is 9.84 Å². The molecule has 1 unspecified atom stereocenters. The van der Waals surface area contributed by atoms with Crippen LogP contribution in [0.1, 0.15) is 33.1 Å². The minimum absolute atomic E-state index is 0.130. The first-order valence-electron chi connectivity index (χ1n) is 5.44. The highest BCUT2D eigenvalue weighted by Crippen LogP contribution is 2.15. The quantitative estimate of drug-likeness (QED) is 0.773. The molecular formula is C10H21NO2S. The Labute approximate surface area is 87.2 Å². The van der Waals surface area contributed by atoms with Gasteiger partial charge in [0.25, 0.3) is 0 Å². The summed E-state index contributed by atoms with van der Waals surface area (Å²) in [4.78, 5) is 0. The lowest BCUT2D eigenvalue weighted by Gasteiger charge is -2.23. The van der Waals surface area contributed by atoms with Gasteiger partial charge in [-0.05, 0) is 31.7 Å². The molecule has 1 aliphatic rings. The fourth-order valence-corrected chi connectivity index (χ4v) is 3.72. The standard InChI is InChI=1S/C10H21NO2S/c1-9(2)5-7-14(12,13)10-4-3-6-11-8-10/h9-11H,3-8H2,1-2H3. The number of nitrogens with one attached hydrogen (secondary N) is 1. The van der Waals surface area contributed by atoms with Crippen LogP contribution in [0.5, 0.6) is 0 Å². The molecule has 1 aliphatic heterocycles. The number of hydrogen-bond donors (Lipinski definition) is 1. The lowest BCUT2D eigenvalue weighted by molar-refractivity contribution is 0.492. The van der Waals surface area contributed by atoms with E-state index in [0.29, 0.717) is 18.2 Å². The van der Waals surface area contributed by atoms with Gasteiger partial charge in [0.2, 0.25) is 0 Å². The van der Waals surface area contributed by atoms with E-state index in [0.717, 1.165) is 25.8 Å². The van der Waals surface area contributed by atoms with Crippen LogP contribution in [-0.2, 0) is 9.84 Å². The Morgan fingerprint density at radius 3 is 2.64 bits per heavy atom. The second kappa shape index (κ2) is 5.12. The largest absolute Gasteiger partial charge is 0.315 e. The number of sulfone groups is 1. The van der Waals surface area contributed by atoms with Gasteiger partial charge in [-0.1, -0.05) is 13.8 Å². The highest BCUT2D eigenvalue weighted by molar-refractivity contribution is 7.92. The van der Waals surface area contributed by atoms with E-state index in [1.165, 1.54) is 0 Å². The van der Waals surface area contributed by atoms with Crippen molar-refractivity contribution in [3.63, 3.8) is 0 Å². The van der Waals surface area contributed by atoms with Crippen LogP contribution in [0, 0.1) is 5.92 Å². The Morgan fingerprint density at radius 1 is 1.43 bits per heavy atom. The van der Waals surface area contributed by atoms with Crippen LogP contribution in [0.2, 0.25) is 0 Å². The average molecular weight is 219 g/mol. The molecule has 0 saturated carbocycles. The highest BCUT2D eigenvalue weighted by atomic mass is 32.2. The van der Waals surface area contributed by atoms with Crippen LogP contribution in [0.4, 0.5) is 0 Å². The molecule has 1 fully saturated rings. The molecule has 0 spiro atoms. The average Bonchev–Trinajstić information content (AvgIpc) is 2.16. The molecule has 1 rings (SSSR count). The molecule has 0 aromatic carbocycles. The molecule has 1 atom stereocenters. The second-order valence-electron chi connectivity index (χ2n) is 4.52. The molecule has 1 heterocycles. The van der Waals surface area contributed by atoms with E-state index in [-0.39, 0.29) is 5.25 Å². The van der Waals surface area contributed by atoms with Crippen molar-refractivity contribution in [1.29, 1.82) is 0 Å². The molecule has 1 N–H and O–H groups in total. The Kier molecular flexibility index (Phi) is 4.38. The van der Waals surface area contributed by atoms with Gasteiger partial charge < -0.3 is 5.32 Å². The molecule has 3 nitrogen and oxygen atoms in total. The van der Waals surface area contributed by atoms with Crippen LogP contribution in [-0.4, -0.2) is 32.5 Å². The van der Waals surface area contributed by atoms with Crippen molar-refractivity contribution in [2.75, 3.05) is 18.8 Å². The molecule has 14 heavy (non-hydrogen) atoms. The van der Waals surface area contributed by atoms with Crippen molar-refractivity contribution >= 4 is 9.84 Å². The number of piperidine rings is 1. The molecule has 0 aromatic heterocycles. The number of hydrogen-bond acceptors (Lipinski definition) is 3. The van der Waals surface area contributed by atoms with Crippen LogP contribution < -0.4 is 5.32 Å². The molecule has 0 aromatic rings. The summed E-state index contributed by atoms with van der Waals surface area (Å²) in [5.74, 6) is 0.832. The van der Waals surface area contributed by atoms with E-state index >= 15 is 0 Å². The van der Waals surface area contributed by atoms with Crippen molar-refractivity contribution in [1.82, 2.24) is 5.32 Å². The summed E-state index contributed by atoms with van der Waals surface area (Å²) in [6, 6.07) is 0. The molecule has 0 aliphatic carbocycles. The summed E-state index contributed by atoms with van der Waals surface area (Å²) in [5.41, 5.74) is 0. The second-order valence-corrected chi connectivity index (χ2v) is 6.92. The fraction of sp³-hybridized carbons (Fsp3) is 1.00. The van der Waals surface area contributed by atoms with Gasteiger partial charge in [-0.25, -0.2) is 8.42 Å². The van der Waals surface area contributed by atoms with E-state index in [1.54, 1.807) is 0 Å². The van der Waals surface area contributed by atoms with Gasteiger partial charge in [0.15, 0.2) is 9.84 Å². The maximum Gasteiger partial charge on any atom is 0.154 e. The normalized spacial score (nSPS) is 24.1. The molecule has 1 saturated heterocycles. The van der Waals surface area contributed by atoms with Gasteiger partial charge in [-0.3, -0.25) is 0 Å². The highest BCUT2D eigenvalue weighted by Gasteiger charge is 2.26. The molecule has 0 radical (unpaired) electrons. The Hall–Kier alpha value is -0.0900. The van der Waals surface area contributed by atoms with Gasteiger partial charge in [0, 0.05) is 6.54 Å². The van der Waals surface area contributed by atoms with Crippen molar-refractivity contribution in [3.8, 4) is 0 Å². The minimum Gasteiger partial charge on any atom is -0.315 e. The predicted molar refractivity (Wildman–Crippen MR) is 59.1 cm³/mol. The van der Waals surface area contributed by atoms with Crippen LogP contribution in [0.3, 0.4) is 0 Å². The van der Waals surface area contributed by atoms with Gasteiger partial charge in [-0.15, -0.1) is 0 Å². The predicted octanol–water partition coefficient (Wildman–Crippen LogP) is 1.20. The molecule has 4 heteroatoms. The lowest BCUT2D eigenvalue weighted by Crippen LogP contribution is -2.39. The molecular weight excluding hydrogens is 198 g/mol. The summed E-state index contributed by atoms with van der Waals surface area (Å²) >= 11 is 0. The summed E-state index contributed by atoms with van der Waals surface area (Å²) in [6.45, 7) is 5.75. The maximum absolute atomic E-state index is 11.9. The topological polar surface area (TPSA) is 46.2 Å². The van der Waals surface area contributed by atoms with Crippen molar-refractivity contribution in [2.24, 2.45) is 5.92 Å². The van der Waals surface area contributed by atoms with E-state index in [1.807, 2.05) is 0 Å². The van der Waals surface area contributed by atoms with Crippen LogP contribution >= 0.6 is 0 Å². The van der Waals surface area contributed by atoms with Crippen LogP contribution in [0.15, 0.2) is 0 Å². The first-order chi connectivity index (χ1) is 6.52. The molecule has 84 valence electrons. The zero-order valence-corrected chi connectivity index (χ0v) is 9.94. The Morgan fingerprint density at radius 2 is 2.14 bits per heavy atom. The lowest BCUT2D eigenvalue weighted by atomic mass is 10.2. The van der Waals surface area contributed by atoms with Crippen molar-refractivity contribution in [3.05, 3.63) is 0 Å². The van der Waals surface area contributed by atoms with Gasteiger partial charge in [-0.2, -0.15) is 0 Å². The monoisotopic (exact) mass is 219 g/mol. The zero-order chi connectivity index (χ0) is 10.6. The third-order valence-electron chi connectivity index (χ3n) is 2.74. The van der Waals surface area contributed by atoms with E-state index in [2.05, 4.69) is 19.2 Å². The molecule has 0 amide bonds. The molecule has 0 bridgehead atoms. The van der Waals surface area contributed by atoms with Gasteiger partial charge in [0.1, 0.15) is 0 Å². The van der Waals surface area contributed by atoms with Gasteiger partial charge in [0.05, 0.1) is 11.0 Å². The minimum atomic E-state index is -2.84. The third-order valence-corrected chi connectivity index (χ3v) is 4.96. The SMILES string of the molecule is CC(C)CCS(=O)(=O)C1CCCNC1. The summed E-state index contributed by atoms with van der Waals surface area (Å²) in [6.07, 6.45) is 2.62. The first-order valence-corrected chi connectivity index (χ1v) is 7.16. The third kappa shape index (κ3) is 3.58. The summed E-state index contributed by atoms with van der Waals surface area (Å²) < 4.78 is 23.7. The Bertz CT molecular complexity index is 253. The van der Waals surface area contributed by atoms with E-state index in [9.17, 15) is 8.42 Å². The van der Waals surface area contributed by atoms with Crippen molar-refractivity contribution < 1.29 is 8.42 Å². The maximum atomic E-state index is 11.9. The van der Waals surface area contributed by atoms with E-state index in [4.69, 9.17) is 0 Å². The van der Waals surface area contributed by atoms with Crippen molar-refractivity contribution in [2.45, 2.75) is 38.4 Å². The number of rotatable bonds is 4. The summed E-state index contributed by atoms with van der Waals surface area (Å²) in [5, 5.41) is 3.02. The fourth-order valence-electron chi connectivity index (χ4n) is 1.69.